The van der Waals surface area contributed by atoms with Gasteiger partial charge in [-0.15, -0.1) is 11.3 Å². The molecule has 8 nitrogen and oxygen atoms in total. The van der Waals surface area contributed by atoms with Gasteiger partial charge in [0.1, 0.15) is 5.69 Å². The first-order valence-electron chi connectivity index (χ1n) is 10.3. The van der Waals surface area contributed by atoms with Gasteiger partial charge in [-0.2, -0.15) is 0 Å². The summed E-state index contributed by atoms with van der Waals surface area (Å²) >= 11 is 13.3. The Bertz CT molecular complexity index is 1120. The summed E-state index contributed by atoms with van der Waals surface area (Å²) in [7, 11) is 0. The Labute approximate surface area is 205 Å². The van der Waals surface area contributed by atoms with Gasteiger partial charge < -0.3 is 15.5 Å². The van der Waals surface area contributed by atoms with Gasteiger partial charge >= 0.3 is 0 Å². The first-order chi connectivity index (χ1) is 16.0. The van der Waals surface area contributed by atoms with Gasteiger partial charge in [0.25, 0.3) is 5.91 Å². The van der Waals surface area contributed by atoms with Crippen LogP contribution < -0.4 is 10.6 Å². The Kier molecular flexibility index (Phi) is 7.77. The van der Waals surface area contributed by atoms with Gasteiger partial charge in [0, 0.05) is 56.2 Å². The molecule has 2 aromatic heterocycles. The average molecular weight is 505 g/mol. The lowest BCUT2D eigenvalue weighted by molar-refractivity contribution is -0.122. The Morgan fingerprint density at radius 2 is 1.79 bits per heavy atom. The fourth-order valence-electron chi connectivity index (χ4n) is 3.36. The highest BCUT2D eigenvalue weighted by Gasteiger charge is 2.25. The van der Waals surface area contributed by atoms with Gasteiger partial charge in [0.05, 0.1) is 16.6 Å². The number of piperazine rings is 1. The molecular formula is C22H22Cl2N6O2S. The van der Waals surface area contributed by atoms with Crippen molar-refractivity contribution in [3.8, 4) is 0 Å². The third kappa shape index (κ3) is 6.42. The van der Waals surface area contributed by atoms with Crippen molar-refractivity contribution < 1.29 is 9.59 Å². The third-order valence-corrected chi connectivity index (χ3v) is 6.66. The van der Waals surface area contributed by atoms with Crippen LogP contribution >= 0.6 is 34.5 Å². The second-order valence-electron chi connectivity index (χ2n) is 7.49. The van der Waals surface area contributed by atoms with Crippen LogP contribution in [0.15, 0.2) is 48.1 Å². The third-order valence-electron chi connectivity index (χ3n) is 5.16. The molecule has 1 saturated heterocycles. The molecule has 3 heterocycles. The summed E-state index contributed by atoms with van der Waals surface area (Å²) in [6.07, 6.45) is 3.40. The van der Waals surface area contributed by atoms with E-state index in [0.717, 1.165) is 11.3 Å². The molecule has 0 unspecified atom stereocenters. The highest BCUT2D eigenvalue weighted by atomic mass is 35.5. The molecule has 0 bridgehead atoms. The van der Waals surface area contributed by atoms with E-state index in [1.807, 2.05) is 17.0 Å². The number of carbonyl (C=O) groups excluding carboxylic acids is 2. The maximum Gasteiger partial charge on any atom is 0.273 e. The molecule has 0 aliphatic carbocycles. The number of pyridine rings is 1. The lowest BCUT2D eigenvalue weighted by Gasteiger charge is -2.33. The van der Waals surface area contributed by atoms with E-state index in [4.69, 9.17) is 23.2 Å². The molecule has 172 valence electrons. The summed E-state index contributed by atoms with van der Waals surface area (Å²) in [5, 5.41) is 9.31. The molecule has 0 spiro atoms. The Morgan fingerprint density at radius 1 is 1.03 bits per heavy atom. The molecule has 1 aromatic carbocycles. The summed E-state index contributed by atoms with van der Waals surface area (Å²) in [6, 6.07) is 8.94. The van der Waals surface area contributed by atoms with Crippen molar-refractivity contribution in [1.82, 2.24) is 25.1 Å². The zero-order valence-corrected chi connectivity index (χ0v) is 20.0. The summed E-state index contributed by atoms with van der Waals surface area (Å²) in [5.74, 6) is -0.153. The molecular weight excluding hydrogens is 483 g/mol. The fourth-order valence-corrected chi connectivity index (χ4v) is 4.36. The highest BCUT2D eigenvalue weighted by molar-refractivity contribution is 7.14. The molecule has 2 amide bonds. The zero-order valence-electron chi connectivity index (χ0n) is 17.6. The number of nitrogens with one attached hydrogen (secondary N) is 2. The van der Waals surface area contributed by atoms with Crippen LogP contribution in [0.5, 0.6) is 0 Å². The summed E-state index contributed by atoms with van der Waals surface area (Å²) in [6.45, 7) is 3.14. The number of hydrogen-bond acceptors (Lipinski definition) is 7. The standard InChI is InChI=1S/C22H22Cl2N6O2S/c23-17-2-1-16(11-18(17)24)27-22-28-19(14-33-22)21(32)30-9-7-29(8-10-30)13-20(31)26-12-15-3-5-25-6-4-15/h1-6,11,14H,7-10,12-13H2,(H,26,31)(H,27,28). The van der Waals surface area contributed by atoms with Crippen LogP contribution in [0.1, 0.15) is 16.1 Å². The Hall–Kier alpha value is -2.72. The zero-order chi connectivity index (χ0) is 23.2. The van der Waals surface area contributed by atoms with Crippen LogP contribution in [0.2, 0.25) is 10.0 Å². The Balaban J connectivity index is 1.23. The largest absolute Gasteiger partial charge is 0.351 e. The molecule has 0 atom stereocenters. The molecule has 2 N–H and O–H groups in total. The van der Waals surface area contributed by atoms with Crippen molar-refractivity contribution in [2.75, 3.05) is 38.0 Å². The number of thiazole rings is 1. The SMILES string of the molecule is O=C(CN1CCN(C(=O)c2csc(Nc3ccc(Cl)c(Cl)c3)n2)CC1)NCc1ccncc1. The quantitative estimate of drug-likeness (QED) is 0.510. The topological polar surface area (TPSA) is 90.5 Å². The smallest absolute Gasteiger partial charge is 0.273 e. The van der Waals surface area contributed by atoms with Gasteiger partial charge in [-0.05, 0) is 35.9 Å². The fraction of sp³-hybridized carbons (Fsp3) is 0.273. The first kappa shape index (κ1) is 23.4. The molecule has 0 saturated carbocycles. The van der Waals surface area contributed by atoms with Crippen LogP contribution in [0.25, 0.3) is 0 Å². The maximum atomic E-state index is 12.9. The summed E-state index contributed by atoms with van der Waals surface area (Å²) in [5.41, 5.74) is 2.14. The molecule has 1 aliphatic rings. The van der Waals surface area contributed by atoms with Crippen molar-refractivity contribution in [1.29, 1.82) is 0 Å². The van der Waals surface area contributed by atoms with Crippen molar-refractivity contribution in [3.63, 3.8) is 0 Å². The number of halogens is 2. The molecule has 33 heavy (non-hydrogen) atoms. The van der Waals surface area contributed by atoms with Crippen LogP contribution in [0, 0.1) is 0 Å². The lowest BCUT2D eigenvalue weighted by Crippen LogP contribution is -2.51. The second kappa shape index (κ2) is 10.9. The van der Waals surface area contributed by atoms with E-state index in [1.165, 1.54) is 11.3 Å². The predicted molar refractivity (Wildman–Crippen MR) is 130 cm³/mol. The van der Waals surface area contributed by atoms with Crippen molar-refractivity contribution in [2.45, 2.75) is 6.54 Å². The lowest BCUT2D eigenvalue weighted by atomic mass is 10.2. The maximum absolute atomic E-state index is 12.9. The van der Waals surface area contributed by atoms with E-state index in [-0.39, 0.29) is 11.8 Å². The molecule has 1 aliphatic heterocycles. The summed E-state index contributed by atoms with van der Waals surface area (Å²) in [4.78, 5) is 37.3. The van der Waals surface area contributed by atoms with Gasteiger partial charge in [-0.3, -0.25) is 19.5 Å². The minimum Gasteiger partial charge on any atom is -0.351 e. The first-order valence-corrected chi connectivity index (χ1v) is 12.0. The van der Waals surface area contributed by atoms with Crippen LogP contribution in [0.4, 0.5) is 10.8 Å². The Morgan fingerprint density at radius 3 is 2.52 bits per heavy atom. The number of anilines is 2. The number of aromatic nitrogens is 2. The second-order valence-corrected chi connectivity index (χ2v) is 9.16. The molecule has 1 fully saturated rings. The number of amides is 2. The van der Waals surface area contributed by atoms with Crippen LogP contribution in [-0.4, -0.2) is 64.3 Å². The van der Waals surface area contributed by atoms with E-state index >= 15 is 0 Å². The van der Waals surface area contributed by atoms with Gasteiger partial charge in [-0.1, -0.05) is 23.2 Å². The monoisotopic (exact) mass is 504 g/mol. The predicted octanol–water partition coefficient (Wildman–Crippen LogP) is 3.66. The average Bonchev–Trinajstić information content (AvgIpc) is 3.29. The summed E-state index contributed by atoms with van der Waals surface area (Å²) < 4.78 is 0. The number of benzene rings is 1. The number of rotatable bonds is 7. The van der Waals surface area contributed by atoms with E-state index < -0.39 is 0 Å². The minimum absolute atomic E-state index is 0.0379. The van der Waals surface area contributed by atoms with Gasteiger partial charge in [0.2, 0.25) is 5.91 Å². The van der Waals surface area contributed by atoms with Crippen molar-refractivity contribution in [2.24, 2.45) is 0 Å². The molecule has 4 rings (SSSR count). The van der Waals surface area contributed by atoms with Crippen molar-refractivity contribution >= 4 is 57.2 Å². The van der Waals surface area contributed by atoms with E-state index in [1.54, 1.807) is 40.9 Å². The normalized spacial score (nSPS) is 14.2. The number of nitrogens with zero attached hydrogens (tertiary/aromatic N) is 4. The van der Waals surface area contributed by atoms with Crippen LogP contribution in [-0.2, 0) is 11.3 Å². The molecule has 0 radical (unpaired) electrons. The minimum atomic E-state index is -0.116. The van der Waals surface area contributed by atoms with Crippen molar-refractivity contribution in [3.05, 3.63) is 69.4 Å². The van der Waals surface area contributed by atoms with Crippen LogP contribution in [0.3, 0.4) is 0 Å². The van der Waals surface area contributed by atoms with E-state index in [0.29, 0.717) is 60.1 Å². The highest BCUT2D eigenvalue weighted by Crippen LogP contribution is 2.28. The number of carbonyl (C=O) groups is 2. The van der Waals surface area contributed by atoms with E-state index in [9.17, 15) is 9.59 Å². The van der Waals surface area contributed by atoms with Gasteiger partial charge in [-0.25, -0.2) is 4.98 Å². The molecule has 11 heteroatoms. The molecule has 3 aromatic rings. The number of hydrogen-bond donors (Lipinski definition) is 2. The van der Waals surface area contributed by atoms with E-state index in [2.05, 4.69) is 20.6 Å². The van der Waals surface area contributed by atoms with Gasteiger partial charge in [0.15, 0.2) is 5.13 Å².